The molecule has 2 aliphatic heterocycles. The summed E-state index contributed by atoms with van der Waals surface area (Å²) in [6, 6.07) is 17.0. The number of ether oxygens (including phenoxy) is 1. The number of aliphatic hydroxyl groups is 2. The number of carbonyl (C=O) groups is 1. The van der Waals surface area contributed by atoms with Gasteiger partial charge in [0.2, 0.25) is 11.8 Å². The first-order valence-corrected chi connectivity index (χ1v) is 17.6. The molecule has 5 atom stereocenters. The van der Waals surface area contributed by atoms with Gasteiger partial charge in [0.05, 0.1) is 12.9 Å². The van der Waals surface area contributed by atoms with Crippen molar-refractivity contribution >= 4 is 28.8 Å². The zero-order chi connectivity index (χ0) is 37.3. The number of nitrogens with one attached hydrogen (secondary N) is 2. The van der Waals surface area contributed by atoms with Crippen LogP contribution in [0.4, 0.5) is 11.8 Å². The Bertz CT molecular complexity index is 2190. The predicted octanol–water partition coefficient (Wildman–Crippen LogP) is 1.88. The lowest BCUT2D eigenvalue weighted by Gasteiger charge is -2.22. The van der Waals surface area contributed by atoms with Crippen molar-refractivity contribution in [1.29, 1.82) is 0 Å². The van der Waals surface area contributed by atoms with E-state index in [1.54, 1.807) is 53.4 Å². The van der Waals surface area contributed by atoms with Crippen molar-refractivity contribution in [2.75, 3.05) is 29.9 Å². The molecule has 18 heteroatoms. The summed E-state index contributed by atoms with van der Waals surface area (Å²) in [5.41, 5.74) is 3.05. The number of amides is 1. The van der Waals surface area contributed by atoms with Crippen molar-refractivity contribution in [3.8, 4) is 11.5 Å². The SMILES string of the molecule is CCn1nnc([C@H]2O[C@@H](n3cnc4c(NCC(c5ccc(O)cc5)c5ccc(O)cc5)nc(N5CC[C@@H](NC(=O)c6ccncc6)C5)nc43)[C@@H](O)[C@@H]2O)n1. The number of phenols is 2. The molecular weight excluding hydrogens is 696 g/mol. The molecule has 18 nitrogen and oxygen atoms in total. The Hall–Kier alpha value is -6.24. The summed E-state index contributed by atoms with van der Waals surface area (Å²) in [5.74, 6) is 0.733. The highest BCUT2D eigenvalue weighted by Crippen LogP contribution is 2.39. The number of carbonyl (C=O) groups excluding carboxylic acids is 1. The Morgan fingerprint density at radius 2 is 1.67 bits per heavy atom. The molecule has 2 saturated heterocycles. The summed E-state index contributed by atoms with van der Waals surface area (Å²) in [4.78, 5) is 34.8. The van der Waals surface area contributed by atoms with Crippen LogP contribution in [0.1, 0.15) is 58.9 Å². The number of nitrogens with zero attached hydrogens (tertiary/aromatic N) is 10. The van der Waals surface area contributed by atoms with Crippen LogP contribution in [-0.2, 0) is 11.3 Å². The number of aryl methyl sites for hydroxylation is 1. The molecule has 2 fully saturated rings. The number of pyridine rings is 1. The van der Waals surface area contributed by atoms with Crippen LogP contribution in [0.2, 0.25) is 0 Å². The number of hydrogen-bond donors (Lipinski definition) is 6. The molecule has 2 aromatic carbocycles. The van der Waals surface area contributed by atoms with Crippen molar-refractivity contribution in [3.63, 3.8) is 0 Å². The summed E-state index contributed by atoms with van der Waals surface area (Å²) in [6.45, 7) is 3.63. The van der Waals surface area contributed by atoms with Crippen molar-refractivity contribution in [2.45, 2.75) is 56.4 Å². The maximum absolute atomic E-state index is 12.9. The third kappa shape index (κ3) is 6.84. The summed E-state index contributed by atoms with van der Waals surface area (Å²) >= 11 is 0. The minimum atomic E-state index is -1.39. The predicted molar refractivity (Wildman–Crippen MR) is 193 cm³/mol. The van der Waals surface area contributed by atoms with Crippen molar-refractivity contribution < 1.29 is 30.0 Å². The molecule has 0 bridgehead atoms. The number of anilines is 2. The molecule has 6 aromatic rings. The summed E-state index contributed by atoms with van der Waals surface area (Å²) in [5, 5.41) is 61.1. The smallest absolute Gasteiger partial charge is 0.251 e. The molecule has 6 heterocycles. The topological polar surface area (TPSA) is 235 Å². The Balaban J connectivity index is 1.13. The molecule has 54 heavy (non-hydrogen) atoms. The molecular formula is C36H38N12O6. The van der Waals surface area contributed by atoms with Gasteiger partial charge in [-0.3, -0.25) is 14.3 Å². The highest BCUT2D eigenvalue weighted by Gasteiger charge is 2.47. The number of aromatic hydroxyl groups is 2. The largest absolute Gasteiger partial charge is 0.508 e. The van der Waals surface area contributed by atoms with Crippen LogP contribution in [0.3, 0.4) is 0 Å². The molecule has 0 spiro atoms. The number of hydrogen-bond acceptors (Lipinski definition) is 15. The Morgan fingerprint density at radius 3 is 2.33 bits per heavy atom. The number of tetrazole rings is 1. The lowest BCUT2D eigenvalue weighted by atomic mass is 9.91. The van der Waals surface area contributed by atoms with Crippen LogP contribution in [-0.4, -0.2) is 109 Å². The average molecular weight is 735 g/mol. The van der Waals surface area contributed by atoms with Gasteiger partial charge in [0.1, 0.15) is 23.7 Å². The number of aliphatic hydroxyl groups excluding tert-OH is 2. The van der Waals surface area contributed by atoms with E-state index in [0.29, 0.717) is 61.1 Å². The molecule has 6 N–H and O–H groups in total. The van der Waals surface area contributed by atoms with E-state index in [2.05, 4.69) is 36.0 Å². The fourth-order valence-electron chi connectivity index (χ4n) is 6.83. The van der Waals surface area contributed by atoms with Crippen molar-refractivity contribution in [1.82, 2.24) is 50.0 Å². The Kier molecular flexibility index (Phi) is 9.45. The number of aromatic nitrogens is 9. The van der Waals surface area contributed by atoms with E-state index < -0.39 is 24.5 Å². The van der Waals surface area contributed by atoms with E-state index in [4.69, 9.17) is 14.7 Å². The molecule has 0 saturated carbocycles. The number of fused-ring (bicyclic) bond motifs is 1. The van der Waals surface area contributed by atoms with E-state index in [9.17, 15) is 25.2 Å². The molecule has 0 unspecified atom stereocenters. The van der Waals surface area contributed by atoms with Crippen molar-refractivity contribution in [2.24, 2.45) is 0 Å². The highest BCUT2D eigenvalue weighted by atomic mass is 16.6. The molecule has 4 aromatic heterocycles. The maximum Gasteiger partial charge on any atom is 0.251 e. The summed E-state index contributed by atoms with van der Waals surface area (Å²) in [6.07, 6.45) is 0.363. The van der Waals surface area contributed by atoms with E-state index in [1.807, 2.05) is 36.1 Å². The Labute approximate surface area is 308 Å². The lowest BCUT2D eigenvalue weighted by Crippen LogP contribution is -2.37. The Morgan fingerprint density at radius 1 is 0.963 bits per heavy atom. The van der Waals surface area contributed by atoms with Crippen LogP contribution in [0.25, 0.3) is 11.2 Å². The first-order chi connectivity index (χ1) is 26.2. The van der Waals surface area contributed by atoms with Gasteiger partial charge in [-0.2, -0.15) is 14.8 Å². The molecule has 2 aliphatic rings. The lowest BCUT2D eigenvalue weighted by molar-refractivity contribution is -0.0384. The second-order valence-corrected chi connectivity index (χ2v) is 13.2. The van der Waals surface area contributed by atoms with Gasteiger partial charge < -0.3 is 40.7 Å². The zero-order valence-corrected chi connectivity index (χ0v) is 29.1. The number of phenolic OH excluding ortho intramolecular Hbond substituents is 2. The molecule has 1 amide bonds. The minimum Gasteiger partial charge on any atom is -0.508 e. The van der Waals surface area contributed by atoms with Gasteiger partial charge in [0, 0.05) is 49.6 Å². The average Bonchev–Trinajstić information content (AvgIpc) is 4.01. The third-order valence-corrected chi connectivity index (χ3v) is 9.74. The van der Waals surface area contributed by atoms with Crippen LogP contribution in [0.15, 0.2) is 79.4 Å². The van der Waals surface area contributed by atoms with Crippen LogP contribution < -0.4 is 15.5 Å². The van der Waals surface area contributed by atoms with Crippen LogP contribution in [0, 0.1) is 0 Å². The van der Waals surface area contributed by atoms with Crippen LogP contribution in [0.5, 0.6) is 11.5 Å². The first-order valence-electron chi connectivity index (χ1n) is 17.6. The van der Waals surface area contributed by atoms with E-state index in [1.165, 1.54) is 11.1 Å². The van der Waals surface area contributed by atoms with E-state index in [0.717, 1.165) is 11.1 Å². The third-order valence-electron chi connectivity index (χ3n) is 9.74. The summed E-state index contributed by atoms with van der Waals surface area (Å²) in [7, 11) is 0. The molecule has 8 rings (SSSR count). The van der Waals surface area contributed by atoms with Gasteiger partial charge in [0.25, 0.3) is 5.91 Å². The fourth-order valence-corrected chi connectivity index (χ4v) is 6.83. The molecule has 278 valence electrons. The second-order valence-electron chi connectivity index (χ2n) is 13.2. The number of rotatable bonds is 11. The monoisotopic (exact) mass is 734 g/mol. The standard InChI is InChI=1S/C36H38N12O6/c1-2-48-44-32(43-45-48)30-28(51)29(52)35(54-30)47-19-39-27-31(38-17-26(20-3-7-24(49)8-4-20)21-5-9-25(50)10-6-21)41-36(42-33(27)47)46-16-13-23(18-46)40-34(53)22-11-14-37-15-12-22/h3-12,14-15,19,23,26,28-30,35,49-52H,2,13,16-18H2,1H3,(H,40,53)(H,38,41,42)/t23-,28+,29+,30+,35-/m1/s1. The van der Waals surface area contributed by atoms with Gasteiger partial charge in [0.15, 0.2) is 29.3 Å². The maximum atomic E-state index is 12.9. The summed E-state index contributed by atoms with van der Waals surface area (Å²) < 4.78 is 7.74. The first kappa shape index (κ1) is 34.8. The van der Waals surface area contributed by atoms with Crippen LogP contribution >= 0.6 is 0 Å². The van der Waals surface area contributed by atoms with Gasteiger partial charge in [-0.1, -0.05) is 24.3 Å². The second kappa shape index (κ2) is 14.6. The fraction of sp³-hybridized carbons (Fsp3) is 0.333. The minimum absolute atomic E-state index is 0.138. The molecule has 0 aliphatic carbocycles. The number of benzene rings is 2. The van der Waals surface area contributed by atoms with Gasteiger partial charge in [-0.15, -0.1) is 10.2 Å². The van der Waals surface area contributed by atoms with Gasteiger partial charge in [-0.25, -0.2) is 4.98 Å². The zero-order valence-electron chi connectivity index (χ0n) is 29.1. The van der Waals surface area contributed by atoms with E-state index >= 15 is 0 Å². The highest BCUT2D eigenvalue weighted by molar-refractivity contribution is 5.94. The van der Waals surface area contributed by atoms with Crippen molar-refractivity contribution in [3.05, 3.63) is 102 Å². The van der Waals surface area contributed by atoms with Gasteiger partial charge >= 0.3 is 0 Å². The number of imidazole rings is 1. The van der Waals surface area contributed by atoms with Gasteiger partial charge in [-0.05, 0) is 66.1 Å². The normalized spacial score (nSPS) is 21.3. The van der Waals surface area contributed by atoms with E-state index in [-0.39, 0.29) is 35.2 Å². The quantitative estimate of drug-likeness (QED) is 0.112. The molecule has 0 radical (unpaired) electrons.